The zero-order valence-electron chi connectivity index (χ0n) is 12.4. The molecule has 2 rings (SSSR count). The van der Waals surface area contributed by atoms with Crippen molar-refractivity contribution in [2.24, 2.45) is 5.10 Å². The summed E-state index contributed by atoms with van der Waals surface area (Å²) in [6.07, 6.45) is 1.03. The molecule has 24 heavy (non-hydrogen) atoms. The molecule has 0 bridgehead atoms. The van der Waals surface area contributed by atoms with E-state index in [1.165, 1.54) is 7.11 Å². The van der Waals surface area contributed by atoms with Crippen molar-refractivity contribution < 1.29 is 19.6 Å². The number of hydrazone groups is 1. The van der Waals surface area contributed by atoms with E-state index in [1.807, 2.05) is 0 Å². The van der Waals surface area contributed by atoms with E-state index in [1.54, 1.807) is 24.3 Å². The molecule has 9 heteroatoms. The van der Waals surface area contributed by atoms with E-state index in [2.05, 4.69) is 26.5 Å². The summed E-state index contributed by atoms with van der Waals surface area (Å²) in [5.74, 6) is -1.24. The minimum absolute atomic E-state index is 0.0755. The predicted octanol–water partition coefficient (Wildman–Crippen LogP) is 2.20. The van der Waals surface area contributed by atoms with Gasteiger partial charge in [-0.05, 0) is 33.6 Å². The summed E-state index contributed by atoms with van der Waals surface area (Å²) in [4.78, 5) is 22.2. The molecule has 2 aromatic rings. The number of carbonyl (C=O) groups excluding carboxylic acids is 1. The molecule has 8 nitrogen and oxygen atoms in total. The number of benzene rings is 2. The quantitative estimate of drug-likeness (QED) is 0.475. The monoisotopic (exact) mass is 392 g/mol. The van der Waals surface area contributed by atoms with Crippen LogP contribution in [0.25, 0.3) is 0 Å². The number of hydrogen-bond donors (Lipinski definition) is 1. The first-order valence-electron chi connectivity index (χ1n) is 6.55. The van der Waals surface area contributed by atoms with Gasteiger partial charge < -0.3 is 9.84 Å². The summed E-state index contributed by atoms with van der Waals surface area (Å²) >= 11 is 3.24. The van der Waals surface area contributed by atoms with E-state index in [9.17, 15) is 20.0 Å². The van der Waals surface area contributed by atoms with Gasteiger partial charge in [-0.3, -0.25) is 14.9 Å². The Hall–Kier alpha value is -2.94. The van der Waals surface area contributed by atoms with Crippen LogP contribution in [-0.2, 0) is 0 Å². The van der Waals surface area contributed by atoms with Gasteiger partial charge in [0.1, 0.15) is 5.75 Å². The van der Waals surface area contributed by atoms with Crippen molar-refractivity contribution >= 4 is 33.7 Å². The third kappa shape index (κ3) is 3.87. The SMILES string of the molecule is COc1cc([N+](=O)[O-])cc(/C=N\NC(=O)c2ccccc2Br)c1[O-]. The van der Waals surface area contributed by atoms with Crippen LogP contribution in [-0.4, -0.2) is 24.2 Å². The van der Waals surface area contributed by atoms with E-state index in [0.29, 0.717) is 10.0 Å². The Balaban J connectivity index is 2.23. The van der Waals surface area contributed by atoms with E-state index in [0.717, 1.165) is 18.3 Å². The van der Waals surface area contributed by atoms with Crippen molar-refractivity contribution in [3.05, 3.63) is 62.1 Å². The van der Waals surface area contributed by atoms with Gasteiger partial charge in [-0.25, -0.2) is 5.43 Å². The topological polar surface area (TPSA) is 117 Å². The van der Waals surface area contributed by atoms with Gasteiger partial charge in [0.05, 0.1) is 29.9 Å². The lowest BCUT2D eigenvalue weighted by molar-refractivity contribution is -0.385. The molecule has 0 saturated heterocycles. The molecule has 0 fully saturated rings. The lowest BCUT2D eigenvalue weighted by Gasteiger charge is -2.14. The van der Waals surface area contributed by atoms with Crippen molar-refractivity contribution in [2.75, 3.05) is 7.11 Å². The zero-order chi connectivity index (χ0) is 17.7. The molecule has 0 aliphatic heterocycles. The van der Waals surface area contributed by atoms with Gasteiger partial charge in [0.25, 0.3) is 11.6 Å². The summed E-state index contributed by atoms with van der Waals surface area (Å²) in [6.45, 7) is 0. The number of nitrogens with zero attached hydrogens (tertiary/aromatic N) is 2. The normalized spacial score (nSPS) is 10.6. The van der Waals surface area contributed by atoms with Crippen LogP contribution < -0.4 is 15.3 Å². The standard InChI is InChI=1S/C15H12BrN3O5/c1-24-13-7-10(19(22)23)6-9(14(13)20)8-17-18-15(21)11-4-2-3-5-12(11)16/h2-8,20H,1H3,(H,18,21)/p-1/b17-8-. The first kappa shape index (κ1) is 17.4. The molecule has 2 aromatic carbocycles. The number of non-ortho nitro benzene ring substituents is 1. The van der Waals surface area contributed by atoms with Crippen LogP contribution in [0.3, 0.4) is 0 Å². The van der Waals surface area contributed by atoms with Gasteiger partial charge in [0, 0.05) is 10.5 Å². The molecule has 124 valence electrons. The number of rotatable bonds is 5. The van der Waals surface area contributed by atoms with Gasteiger partial charge >= 0.3 is 0 Å². The van der Waals surface area contributed by atoms with Crippen LogP contribution in [0.15, 0.2) is 46.0 Å². The molecule has 0 atom stereocenters. The second kappa shape index (κ2) is 7.55. The van der Waals surface area contributed by atoms with Crippen LogP contribution >= 0.6 is 15.9 Å². The Morgan fingerprint density at radius 3 is 2.71 bits per heavy atom. The maximum Gasteiger partial charge on any atom is 0.273 e. The summed E-state index contributed by atoms with van der Waals surface area (Å²) in [6, 6.07) is 8.80. The van der Waals surface area contributed by atoms with Crippen molar-refractivity contribution in [3.8, 4) is 11.5 Å². The molecule has 0 aromatic heterocycles. The van der Waals surface area contributed by atoms with Gasteiger partial charge in [0.15, 0.2) is 0 Å². The Kier molecular flexibility index (Phi) is 5.48. The highest BCUT2D eigenvalue weighted by Crippen LogP contribution is 2.31. The Morgan fingerprint density at radius 1 is 1.38 bits per heavy atom. The minimum Gasteiger partial charge on any atom is -0.870 e. The van der Waals surface area contributed by atoms with Crippen LogP contribution in [0, 0.1) is 10.1 Å². The van der Waals surface area contributed by atoms with E-state index >= 15 is 0 Å². The van der Waals surface area contributed by atoms with Crippen LogP contribution in [0.4, 0.5) is 5.69 Å². The van der Waals surface area contributed by atoms with E-state index in [-0.39, 0.29) is 17.0 Å². The number of halogens is 1. The number of nitro groups is 1. The van der Waals surface area contributed by atoms with Crippen LogP contribution in [0.2, 0.25) is 0 Å². The molecular weight excluding hydrogens is 382 g/mol. The summed E-state index contributed by atoms with van der Waals surface area (Å²) in [7, 11) is 1.23. The number of hydrogen-bond acceptors (Lipinski definition) is 6. The predicted molar refractivity (Wildman–Crippen MR) is 88.3 cm³/mol. The minimum atomic E-state index is -0.654. The number of carbonyl (C=O) groups is 1. The lowest BCUT2D eigenvalue weighted by atomic mass is 10.2. The third-order valence-corrected chi connectivity index (χ3v) is 3.68. The zero-order valence-corrected chi connectivity index (χ0v) is 13.9. The number of amides is 1. The fourth-order valence-electron chi connectivity index (χ4n) is 1.83. The first-order chi connectivity index (χ1) is 11.4. The second-order valence-corrected chi connectivity index (χ2v) is 5.36. The molecule has 0 saturated carbocycles. The smallest absolute Gasteiger partial charge is 0.273 e. The lowest BCUT2D eigenvalue weighted by Crippen LogP contribution is -2.18. The highest BCUT2D eigenvalue weighted by Gasteiger charge is 2.12. The molecule has 0 spiro atoms. The molecular formula is C15H11BrN3O5-. The average Bonchev–Trinajstić information content (AvgIpc) is 2.56. The largest absolute Gasteiger partial charge is 0.870 e. The number of ether oxygens (including phenoxy) is 1. The molecule has 0 aliphatic carbocycles. The Labute approximate surface area is 145 Å². The highest BCUT2D eigenvalue weighted by atomic mass is 79.9. The van der Waals surface area contributed by atoms with Gasteiger partial charge in [-0.1, -0.05) is 17.9 Å². The molecule has 1 N–H and O–H groups in total. The molecule has 1 amide bonds. The van der Waals surface area contributed by atoms with Gasteiger partial charge in [-0.15, -0.1) is 0 Å². The number of nitrogens with one attached hydrogen (secondary N) is 1. The number of nitro benzene ring substituents is 1. The van der Waals surface area contributed by atoms with Gasteiger partial charge in [0.2, 0.25) is 0 Å². The summed E-state index contributed by atoms with van der Waals surface area (Å²) in [5, 5.41) is 26.6. The highest BCUT2D eigenvalue weighted by molar-refractivity contribution is 9.10. The van der Waals surface area contributed by atoms with Crippen LogP contribution in [0.5, 0.6) is 11.5 Å². The summed E-state index contributed by atoms with van der Waals surface area (Å²) < 4.78 is 5.40. The second-order valence-electron chi connectivity index (χ2n) is 4.50. The van der Waals surface area contributed by atoms with E-state index in [4.69, 9.17) is 4.74 Å². The van der Waals surface area contributed by atoms with Crippen molar-refractivity contribution in [1.82, 2.24) is 5.43 Å². The molecule has 0 heterocycles. The van der Waals surface area contributed by atoms with Crippen molar-refractivity contribution in [2.45, 2.75) is 0 Å². The Morgan fingerprint density at radius 2 is 2.08 bits per heavy atom. The fraction of sp³-hybridized carbons (Fsp3) is 0.0667. The van der Waals surface area contributed by atoms with E-state index < -0.39 is 16.6 Å². The fourth-order valence-corrected chi connectivity index (χ4v) is 2.29. The summed E-state index contributed by atoms with van der Waals surface area (Å²) in [5.41, 5.74) is 2.22. The third-order valence-electron chi connectivity index (χ3n) is 2.99. The molecule has 0 unspecified atom stereocenters. The molecule has 0 radical (unpaired) electrons. The molecule has 0 aliphatic rings. The first-order valence-corrected chi connectivity index (χ1v) is 7.34. The van der Waals surface area contributed by atoms with Crippen molar-refractivity contribution in [3.63, 3.8) is 0 Å². The average molecular weight is 393 g/mol. The van der Waals surface area contributed by atoms with Gasteiger partial charge in [-0.2, -0.15) is 5.10 Å². The number of methoxy groups -OCH3 is 1. The Bertz CT molecular complexity index is 823. The van der Waals surface area contributed by atoms with Crippen molar-refractivity contribution in [1.29, 1.82) is 0 Å². The van der Waals surface area contributed by atoms with Crippen LogP contribution in [0.1, 0.15) is 15.9 Å². The maximum atomic E-state index is 12.0. The maximum absolute atomic E-state index is 12.0.